The smallest absolute Gasteiger partial charge is 0.256 e. The summed E-state index contributed by atoms with van der Waals surface area (Å²) in [5.41, 5.74) is 2.67. The van der Waals surface area contributed by atoms with E-state index in [2.05, 4.69) is 80.2 Å². The number of nitrogens with zero attached hydrogens (tertiary/aromatic N) is 4. The summed E-state index contributed by atoms with van der Waals surface area (Å²) in [5, 5.41) is 15.2. The molecule has 4 fully saturated rings. The van der Waals surface area contributed by atoms with Gasteiger partial charge < -0.3 is 29.3 Å². The topological polar surface area (TPSA) is 154 Å². The fourth-order valence-electron chi connectivity index (χ4n) is 10.8. The van der Waals surface area contributed by atoms with E-state index in [0.29, 0.717) is 51.2 Å². The number of hydrogen-bond acceptors (Lipinski definition) is 10. The summed E-state index contributed by atoms with van der Waals surface area (Å²) in [6, 6.07) is 20.6. The molecule has 14 heteroatoms. The molecule has 0 bridgehead atoms. The number of carbonyl (C=O) groups excluding carboxylic acids is 4. The van der Waals surface area contributed by atoms with Gasteiger partial charge in [0.2, 0.25) is 11.8 Å². The van der Waals surface area contributed by atoms with Crippen LogP contribution < -0.4 is 25.0 Å². The van der Waals surface area contributed by atoms with Gasteiger partial charge in [-0.05, 0) is 93.1 Å². The van der Waals surface area contributed by atoms with Gasteiger partial charge in [-0.3, -0.25) is 29.4 Å². The molecule has 3 aliphatic heterocycles. The predicted molar refractivity (Wildman–Crippen MR) is 238 cm³/mol. The van der Waals surface area contributed by atoms with Gasteiger partial charge in [0, 0.05) is 90.7 Å². The third-order valence-electron chi connectivity index (χ3n) is 14.2. The molecule has 5 aliphatic rings. The number of rotatable bonds is 12. The van der Waals surface area contributed by atoms with E-state index < -0.39 is 11.9 Å². The highest BCUT2D eigenvalue weighted by Crippen LogP contribution is 2.55. The minimum absolute atomic E-state index is 0.0180. The van der Waals surface area contributed by atoms with E-state index in [1.165, 1.54) is 4.90 Å². The lowest BCUT2D eigenvalue weighted by molar-refractivity contribution is -0.164. The fourth-order valence-corrected chi connectivity index (χ4v) is 11.0. The molecule has 3 aromatic rings. The van der Waals surface area contributed by atoms with Crippen molar-refractivity contribution in [3.05, 3.63) is 87.9 Å². The minimum atomic E-state index is -0.751. The van der Waals surface area contributed by atoms with Crippen LogP contribution in [0.15, 0.2) is 60.7 Å². The summed E-state index contributed by atoms with van der Waals surface area (Å²) in [5.74, 6) is 0.617. The van der Waals surface area contributed by atoms with Crippen LogP contribution in [0.25, 0.3) is 0 Å². The molecule has 0 aromatic heterocycles. The Bertz CT molecular complexity index is 2260. The summed E-state index contributed by atoms with van der Waals surface area (Å²) in [4.78, 5) is 58.0. The van der Waals surface area contributed by atoms with Gasteiger partial charge in [0.1, 0.15) is 42.5 Å². The second-order valence-electron chi connectivity index (χ2n) is 19.5. The van der Waals surface area contributed by atoms with E-state index >= 15 is 0 Å². The highest BCUT2D eigenvalue weighted by Gasteiger charge is 2.64. The van der Waals surface area contributed by atoms with Crippen LogP contribution in [-0.4, -0.2) is 96.2 Å². The first-order valence-electron chi connectivity index (χ1n) is 22.3. The number of benzene rings is 3. The number of hydrogen-bond donors (Lipinski definition) is 2. The quantitative estimate of drug-likeness (QED) is 0.180. The average molecular weight is 879 g/mol. The lowest BCUT2D eigenvalue weighted by atomic mass is 9.49. The molecule has 13 nitrogen and oxygen atoms in total. The van der Waals surface area contributed by atoms with Crippen LogP contribution in [0.5, 0.6) is 11.5 Å². The molecule has 2 N–H and O–H groups in total. The molecule has 2 aliphatic carbocycles. The molecule has 0 radical (unpaired) electrons. The standard InChI is InChI=1S/C49H59ClN6O7/c1-29(2)55(35-21-38(22-35)62-36-14-10-33-27-61-28-56(45(60)39(33)23-36)41-15-16-42(57)52-44(41)59)26-30-17-19-54(20-18-30)34-11-7-31(8-12-34)43(58)53-46-48(3,4)47(49(46,5)6)63-37-13-9-32(25-51)40(50)24-37/h7-14,23-24,29-30,35,38,41,46-47H,15-22,26-28H2,1-6H3,(H,53,58)(H,52,57,59)/t35-,38-,41?,46-,47-. The van der Waals surface area contributed by atoms with Gasteiger partial charge in [-0.1, -0.05) is 45.4 Å². The van der Waals surface area contributed by atoms with Crippen molar-refractivity contribution >= 4 is 40.9 Å². The van der Waals surface area contributed by atoms with Gasteiger partial charge in [0.15, 0.2) is 0 Å². The molecule has 3 aromatic carbocycles. The summed E-state index contributed by atoms with van der Waals surface area (Å²) in [6.07, 6.45) is 4.31. The Labute approximate surface area is 375 Å². The maximum absolute atomic E-state index is 13.7. The molecule has 8 rings (SSSR count). The van der Waals surface area contributed by atoms with Crippen LogP contribution >= 0.6 is 11.6 Å². The molecule has 3 heterocycles. The van der Waals surface area contributed by atoms with E-state index in [-0.39, 0.29) is 73.0 Å². The Hall–Kier alpha value is -5.16. The number of nitriles is 1. The van der Waals surface area contributed by atoms with Gasteiger partial charge in [0.25, 0.3) is 11.8 Å². The van der Waals surface area contributed by atoms with E-state index in [4.69, 9.17) is 25.8 Å². The lowest BCUT2D eigenvalue weighted by Gasteiger charge is -2.63. The van der Waals surface area contributed by atoms with Gasteiger partial charge in [-0.2, -0.15) is 5.26 Å². The maximum atomic E-state index is 13.7. The molecule has 63 heavy (non-hydrogen) atoms. The van der Waals surface area contributed by atoms with Crippen molar-refractivity contribution in [2.75, 3.05) is 31.3 Å². The van der Waals surface area contributed by atoms with E-state index in [9.17, 15) is 24.4 Å². The third-order valence-corrected chi connectivity index (χ3v) is 14.5. The number of amides is 4. The molecule has 1 unspecified atom stereocenters. The van der Waals surface area contributed by atoms with Crippen molar-refractivity contribution in [2.24, 2.45) is 16.7 Å². The van der Waals surface area contributed by atoms with E-state index in [0.717, 1.165) is 56.6 Å². The second kappa shape index (κ2) is 17.8. The Morgan fingerprint density at radius 2 is 1.65 bits per heavy atom. The van der Waals surface area contributed by atoms with Gasteiger partial charge in [-0.25, -0.2) is 0 Å². The van der Waals surface area contributed by atoms with Crippen LogP contribution in [-0.2, 0) is 20.9 Å². The van der Waals surface area contributed by atoms with Crippen molar-refractivity contribution in [1.82, 2.24) is 20.4 Å². The molecule has 334 valence electrons. The number of fused-ring (bicyclic) bond motifs is 1. The zero-order valence-corrected chi connectivity index (χ0v) is 37.9. The predicted octanol–water partition coefficient (Wildman–Crippen LogP) is 7.10. The summed E-state index contributed by atoms with van der Waals surface area (Å²) < 4.78 is 18.6. The minimum Gasteiger partial charge on any atom is -0.490 e. The molecule has 4 amide bonds. The van der Waals surface area contributed by atoms with Crippen molar-refractivity contribution in [1.29, 1.82) is 5.26 Å². The number of piperidine rings is 2. The lowest BCUT2D eigenvalue weighted by Crippen LogP contribution is -2.74. The number of carbonyl (C=O) groups is 4. The monoisotopic (exact) mass is 878 g/mol. The van der Waals surface area contributed by atoms with Gasteiger partial charge in [-0.15, -0.1) is 0 Å². The number of anilines is 1. The molecular weight excluding hydrogens is 820 g/mol. The van der Waals surface area contributed by atoms with Crippen molar-refractivity contribution in [3.8, 4) is 17.6 Å². The normalized spacial score (nSPS) is 25.6. The van der Waals surface area contributed by atoms with E-state index in [1.54, 1.807) is 24.3 Å². The van der Waals surface area contributed by atoms with Crippen molar-refractivity contribution < 1.29 is 33.4 Å². The number of nitrogens with one attached hydrogen (secondary N) is 2. The van der Waals surface area contributed by atoms with Crippen molar-refractivity contribution in [2.45, 2.75) is 123 Å². The third kappa shape index (κ3) is 9.00. The second-order valence-corrected chi connectivity index (χ2v) is 19.9. The maximum Gasteiger partial charge on any atom is 0.256 e. The zero-order valence-electron chi connectivity index (χ0n) is 37.1. The van der Waals surface area contributed by atoms with Crippen molar-refractivity contribution in [3.63, 3.8) is 0 Å². The first-order valence-corrected chi connectivity index (χ1v) is 22.7. The van der Waals surface area contributed by atoms with Gasteiger partial charge in [0.05, 0.1) is 17.2 Å². The first-order chi connectivity index (χ1) is 30.0. The molecule has 2 saturated heterocycles. The molecule has 0 spiro atoms. The highest BCUT2D eigenvalue weighted by molar-refractivity contribution is 6.31. The van der Waals surface area contributed by atoms with Crippen LogP contribution in [0.1, 0.15) is 112 Å². The summed E-state index contributed by atoms with van der Waals surface area (Å²) in [6.45, 7) is 16.1. The molecule has 2 saturated carbocycles. The Balaban J connectivity index is 0.799. The Morgan fingerprint density at radius 1 is 0.968 bits per heavy atom. The first kappa shape index (κ1) is 44.4. The summed E-state index contributed by atoms with van der Waals surface area (Å²) >= 11 is 6.27. The number of ether oxygens (including phenoxy) is 3. The summed E-state index contributed by atoms with van der Waals surface area (Å²) in [7, 11) is 0. The van der Waals surface area contributed by atoms with E-state index in [1.807, 2.05) is 24.3 Å². The van der Waals surface area contributed by atoms with Crippen LogP contribution in [0, 0.1) is 28.1 Å². The molecular formula is C49H59ClN6O7. The molecule has 1 atom stereocenters. The zero-order chi connectivity index (χ0) is 44.8. The van der Waals surface area contributed by atoms with Gasteiger partial charge >= 0.3 is 0 Å². The Kier molecular flexibility index (Phi) is 12.5. The van der Waals surface area contributed by atoms with Crippen LogP contribution in [0.2, 0.25) is 5.02 Å². The van der Waals surface area contributed by atoms with Crippen LogP contribution in [0.4, 0.5) is 5.69 Å². The SMILES string of the molecule is CC(C)N(CC1CCN(c2ccc(C(=O)N[C@H]3C(C)(C)[C@H](Oc4ccc(C#N)c(Cl)c4)C3(C)C)cc2)CC1)[C@H]1C[C@H](Oc2ccc3c(c2)C(=O)N(C2CCC(=O)NC2=O)COC3)C1. The largest absolute Gasteiger partial charge is 0.490 e. The average Bonchev–Trinajstić information content (AvgIpc) is 3.40. The number of imide groups is 1. The Morgan fingerprint density at radius 3 is 2.30 bits per heavy atom. The number of halogens is 1. The van der Waals surface area contributed by atoms with Crippen LogP contribution in [0.3, 0.4) is 0 Å². The highest BCUT2D eigenvalue weighted by atomic mass is 35.5. The fraction of sp³-hybridized carbons (Fsp3) is 0.531.